The number of benzene rings is 2. The summed E-state index contributed by atoms with van der Waals surface area (Å²) in [5.41, 5.74) is 8.97. The highest BCUT2D eigenvalue weighted by molar-refractivity contribution is 5.96. The zero-order valence-electron chi connectivity index (χ0n) is 19.2. The molecule has 0 saturated heterocycles. The predicted molar refractivity (Wildman–Crippen MR) is 133 cm³/mol. The number of allylic oxidation sites excluding steroid dienone is 3. The number of halogens is 1. The van der Waals surface area contributed by atoms with Crippen molar-refractivity contribution in [1.29, 1.82) is 0 Å². The maximum Gasteiger partial charge on any atom is 0.141 e. The van der Waals surface area contributed by atoms with E-state index in [1.807, 2.05) is 19.2 Å². The molecule has 3 heteroatoms. The number of fused-ring (bicyclic) bond motifs is 6. The average Bonchev–Trinajstić information content (AvgIpc) is 3.21. The summed E-state index contributed by atoms with van der Waals surface area (Å²) in [6.07, 6.45) is 9.45. The zero-order valence-corrected chi connectivity index (χ0v) is 19.2. The standard InChI is InChI=1S/C29H29FN2/c1-5-10-20(6-2)23-15-21(30)16-24-22-13-7-8-14-25(22)32-26(17-31-29(32)28(23)24)27-18(3)11-9-12-19(27)4/h5,7-14,16-17,20,23H,6,15H2,1-4H3. The van der Waals surface area contributed by atoms with Crippen molar-refractivity contribution in [2.24, 2.45) is 5.92 Å². The van der Waals surface area contributed by atoms with E-state index in [1.54, 1.807) is 6.08 Å². The number of aryl methyl sites for hydroxylation is 2. The van der Waals surface area contributed by atoms with Gasteiger partial charge in [-0.15, -0.1) is 0 Å². The largest absolute Gasteiger partial charge is 0.292 e. The van der Waals surface area contributed by atoms with Crippen molar-refractivity contribution in [2.45, 2.75) is 46.5 Å². The fourth-order valence-electron chi connectivity index (χ4n) is 5.56. The molecular weight excluding hydrogens is 395 g/mol. The van der Waals surface area contributed by atoms with Crippen LogP contribution in [0.25, 0.3) is 33.9 Å². The van der Waals surface area contributed by atoms with Gasteiger partial charge in [-0.25, -0.2) is 9.37 Å². The summed E-state index contributed by atoms with van der Waals surface area (Å²) in [7, 11) is 0. The van der Waals surface area contributed by atoms with E-state index in [2.05, 4.69) is 73.7 Å². The summed E-state index contributed by atoms with van der Waals surface area (Å²) in [6.45, 7) is 8.54. The Morgan fingerprint density at radius 1 is 1.12 bits per heavy atom. The quantitative estimate of drug-likeness (QED) is 0.302. The molecule has 32 heavy (non-hydrogen) atoms. The van der Waals surface area contributed by atoms with Crippen LogP contribution in [0.15, 0.2) is 66.6 Å². The fraction of sp³-hybridized carbons (Fsp3) is 0.276. The highest BCUT2D eigenvalue weighted by Crippen LogP contribution is 2.46. The zero-order chi connectivity index (χ0) is 22.4. The Morgan fingerprint density at radius 2 is 1.88 bits per heavy atom. The number of pyridine rings is 1. The lowest BCUT2D eigenvalue weighted by Crippen LogP contribution is -2.17. The molecule has 2 atom stereocenters. The van der Waals surface area contributed by atoms with E-state index in [9.17, 15) is 4.39 Å². The first kappa shape index (κ1) is 20.7. The van der Waals surface area contributed by atoms with Crippen LogP contribution in [0, 0.1) is 19.8 Å². The van der Waals surface area contributed by atoms with Crippen LogP contribution in [0.2, 0.25) is 0 Å². The number of aromatic nitrogens is 2. The monoisotopic (exact) mass is 424 g/mol. The summed E-state index contributed by atoms with van der Waals surface area (Å²) < 4.78 is 17.3. The van der Waals surface area contributed by atoms with E-state index < -0.39 is 0 Å². The number of imidazole rings is 1. The third-order valence-electron chi connectivity index (χ3n) is 6.98. The number of hydrogen-bond acceptors (Lipinski definition) is 1. The van der Waals surface area contributed by atoms with Crippen LogP contribution in [0.5, 0.6) is 0 Å². The molecule has 1 aliphatic rings. The summed E-state index contributed by atoms with van der Waals surface area (Å²) in [6, 6.07) is 14.7. The molecule has 5 rings (SSSR count). The van der Waals surface area contributed by atoms with Gasteiger partial charge in [0.05, 0.1) is 17.4 Å². The molecule has 0 spiro atoms. The van der Waals surface area contributed by atoms with Crippen LogP contribution in [-0.4, -0.2) is 9.38 Å². The van der Waals surface area contributed by atoms with Crippen LogP contribution in [0.3, 0.4) is 0 Å². The molecule has 4 aromatic rings. The van der Waals surface area contributed by atoms with Crippen molar-refractivity contribution in [1.82, 2.24) is 9.38 Å². The maximum absolute atomic E-state index is 15.0. The molecule has 0 fully saturated rings. The van der Waals surface area contributed by atoms with Gasteiger partial charge in [-0.3, -0.25) is 4.40 Å². The normalized spacial score (nSPS) is 17.2. The second kappa shape index (κ2) is 8.05. The molecule has 2 unspecified atom stereocenters. The number of nitrogens with zero attached hydrogens (tertiary/aromatic N) is 2. The highest BCUT2D eigenvalue weighted by Gasteiger charge is 2.32. The fourth-order valence-corrected chi connectivity index (χ4v) is 5.56. The van der Waals surface area contributed by atoms with Crippen molar-refractivity contribution in [3.8, 4) is 11.3 Å². The Bertz CT molecular complexity index is 1370. The summed E-state index contributed by atoms with van der Waals surface area (Å²) in [5.74, 6) is 0.293. The van der Waals surface area contributed by atoms with Crippen LogP contribution >= 0.6 is 0 Å². The van der Waals surface area contributed by atoms with Gasteiger partial charge < -0.3 is 0 Å². The molecule has 0 saturated carbocycles. The third-order valence-corrected chi connectivity index (χ3v) is 6.98. The summed E-state index contributed by atoms with van der Waals surface area (Å²) in [5, 5.41) is 1.08. The van der Waals surface area contributed by atoms with Gasteiger partial charge in [-0.2, -0.15) is 0 Å². The van der Waals surface area contributed by atoms with Crippen LogP contribution < -0.4 is 0 Å². The first-order chi connectivity index (χ1) is 15.5. The molecule has 0 N–H and O–H groups in total. The number of rotatable bonds is 4. The molecule has 0 aliphatic heterocycles. The molecule has 0 amide bonds. The lowest BCUT2D eigenvalue weighted by molar-refractivity contribution is 0.444. The molecule has 162 valence electrons. The maximum atomic E-state index is 15.0. The second-order valence-corrected chi connectivity index (χ2v) is 8.91. The minimum Gasteiger partial charge on any atom is -0.292 e. The lowest BCUT2D eigenvalue weighted by Gasteiger charge is -2.30. The van der Waals surface area contributed by atoms with Gasteiger partial charge in [0, 0.05) is 28.9 Å². The van der Waals surface area contributed by atoms with Crippen molar-refractivity contribution in [2.75, 3.05) is 0 Å². The lowest BCUT2D eigenvalue weighted by atomic mass is 9.76. The topological polar surface area (TPSA) is 17.3 Å². The van der Waals surface area contributed by atoms with Crippen LogP contribution in [0.4, 0.5) is 4.39 Å². The molecule has 0 bridgehead atoms. The number of hydrogen-bond donors (Lipinski definition) is 0. The molecule has 2 aromatic carbocycles. The Balaban J connectivity index is 1.93. The number of para-hydroxylation sites is 1. The summed E-state index contributed by atoms with van der Waals surface area (Å²) >= 11 is 0. The Labute approximate surface area is 189 Å². The summed E-state index contributed by atoms with van der Waals surface area (Å²) in [4.78, 5) is 4.98. The minimum atomic E-state index is -0.0403. The van der Waals surface area contributed by atoms with Crippen molar-refractivity contribution in [3.63, 3.8) is 0 Å². The van der Waals surface area contributed by atoms with E-state index in [0.717, 1.165) is 34.2 Å². The highest BCUT2D eigenvalue weighted by atomic mass is 19.1. The Kier molecular flexibility index (Phi) is 5.21. The molecule has 2 heterocycles. The first-order valence-corrected chi connectivity index (χ1v) is 11.5. The van der Waals surface area contributed by atoms with Gasteiger partial charge in [-0.1, -0.05) is 55.5 Å². The molecular formula is C29H29FN2. The van der Waals surface area contributed by atoms with E-state index in [4.69, 9.17) is 4.98 Å². The van der Waals surface area contributed by atoms with Gasteiger partial charge in [0.2, 0.25) is 0 Å². The van der Waals surface area contributed by atoms with Gasteiger partial charge in [0.15, 0.2) is 0 Å². The van der Waals surface area contributed by atoms with E-state index in [0.29, 0.717) is 6.42 Å². The van der Waals surface area contributed by atoms with E-state index in [1.165, 1.54) is 22.3 Å². The van der Waals surface area contributed by atoms with Crippen molar-refractivity contribution < 1.29 is 4.39 Å². The van der Waals surface area contributed by atoms with Gasteiger partial charge in [0.25, 0.3) is 0 Å². The van der Waals surface area contributed by atoms with Crippen LogP contribution in [0.1, 0.15) is 54.9 Å². The molecule has 0 radical (unpaired) electrons. The van der Waals surface area contributed by atoms with E-state index >= 15 is 0 Å². The van der Waals surface area contributed by atoms with Crippen molar-refractivity contribution in [3.05, 3.63) is 88.9 Å². The third kappa shape index (κ3) is 3.10. The Hall–Kier alpha value is -3.20. The molecule has 2 aromatic heterocycles. The van der Waals surface area contributed by atoms with Gasteiger partial charge in [0.1, 0.15) is 11.5 Å². The van der Waals surface area contributed by atoms with Crippen LogP contribution in [-0.2, 0) is 0 Å². The molecule has 1 aliphatic carbocycles. The molecule has 2 nitrogen and oxygen atoms in total. The van der Waals surface area contributed by atoms with E-state index in [-0.39, 0.29) is 17.7 Å². The first-order valence-electron chi connectivity index (χ1n) is 11.5. The second-order valence-electron chi connectivity index (χ2n) is 8.91. The minimum absolute atomic E-state index is 0.0403. The van der Waals surface area contributed by atoms with Crippen molar-refractivity contribution >= 4 is 22.6 Å². The SMILES string of the molecule is CC=CC(CC)C1CC(F)=Cc2c1c1ncc(-c3c(C)cccc3C)n1c1ccccc21. The predicted octanol–water partition coefficient (Wildman–Crippen LogP) is 8.17. The van der Waals surface area contributed by atoms with Gasteiger partial charge in [-0.05, 0) is 61.9 Å². The smallest absolute Gasteiger partial charge is 0.141 e. The van der Waals surface area contributed by atoms with Gasteiger partial charge >= 0.3 is 0 Å². The average molecular weight is 425 g/mol. The Morgan fingerprint density at radius 3 is 2.59 bits per heavy atom.